The fourth-order valence-corrected chi connectivity index (χ4v) is 3.17. The molecule has 1 heterocycles. The van der Waals surface area contributed by atoms with Crippen molar-refractivity contribution < 1.29 is 4.79 Å². The SMILES string of the molecule is CCC(C)C(C(=O)N1CCC(N)C(C)C1)c1ccccc1. The van der Waals surface area contributed by atoms with Gasteiger partial charge in [0.2, 0.25) is 5.91 Å². The summed E-state index contributed by atoms with van der Waals surface area (Å²) in [4.78, 5) is 15.1. The Bertz CT molecular complexity index is 460. The van der Waals surface area contributed by atoms with E-state index in [-0.39, 0.29) is 17.9 Å². The molecule has 2 N–H and O–H groups in total. The van der Waals surface area contributed by atoms with Crippen molar-refractivity contribution in [2.75, 3.05) is 13.1 Å². The van der Waals surface area contributed by atoms with E-state index in [1.807, 2.05) is 23.1 Å². The average molecular weight is 288 g/mol. The zero-order valence-electron chi connectivity index (χ0n) is 13.5. The maximum atomic E-state index is 13.0. The van der Waals surface area contributed by atoms with Crippen LogP contribution in [0.1, 0.15) is 45.1 Å². The quantitative estimate of drug-likeness (QED) is 0.925. The van der Waals surface area contributed by atoms with Gasteiger partial charge in [-0.1, -0.05) is 57.5 Å². The summed E-state index contributed by atoms with van der Waals surface area (Å²) in [5.41, 5.74) is 7.21. The highest BCUT2D eigenvalue weighted by Crippen LogP contribution is 2.30. The number of amides is 1. The lowest BCUT2D eigenvalue weighted by atomic mass is 9.83. The predicted octanol–water partition coefficient (Wildman–Crippen LogP) is 3.01. The topological polar surface area (TPSA) is 46.3 Å². The lowest BCUT2D eigenvalue weighted by Gasteiger charge is -2.38. The third-order valence-electron chi connectivity index (χ3n) is 4.92. The Labute approximate surface area is 128 Å². The van der Waals surface area contributed by atoms with Gasteiger partial charge in [-0.05, 0) is 23.8 Å². The fraction of sp³-hybridized carbons (Fsp3) is 0.611. The number of benzene rings is 1. The van der Waals surface area contributed by atoms with Crippen LogP contribution in [0.25, 0.3) is 0 Å². The van der Waals surface area contributed by atoms with Crippen LogP contribution in [0.5, 0.6) is 0 Å². The zero-order chi connectivity index (χ0) is 15.4. The minimum absolute atomic E-state index is 0.0299. The van der Waals surface area contributed by atoms with Crippen molar-refractivity contribution in [3.8, 4) is 0 Å². The third-order valence-corrected chi connectivity index (χ3v) is 4.92. The van der Waals surface area contributed by atoms with Crippen LogP contribution in [0, 0.1) is 11.8 Å². The van der Waals surface area contributed by atoms with Crippen molar-refractivity contribution in [2.24, 2.45) is 17.6 Å². The number of rotatable bonds is 4. The molecule has 1 saturated heterocycles. The van der Waals surface area contributed by atoms with Crippen LogP contribution in [0.3, 0.4) is 0 Å². The lowest BCUT2D eigenvalue weighted by Crippen LogP contribution is -2.50. The van der Waals surface area contributed by atoms with Crippen molar-refractivity contribution >= 4 is 5.91 Å². The van der Waals surface area contributed by atoms with Crippen molar-refractivity contribution in [1.82, 2.24) is 4.90 Å². The number of hydrogen-bond acceptors (Lipinski definition) is 2. The van der Waals surface area contributed by atoms with Crippen LogP contribution in [0.2, 0.25) is 0 Å². The monoisotopic (exact) mass is 288 g/mol. The lowest BCUT2D eigenvalue weighted by molar-refractivity contribution is -0.136. The Kier molecular flexibility index (Phi) is 5.40. The Morgan fingerprint density at radius 2 is 2.05 bits per heavy atom. The second-order valence-corrected chi connectivity index (χ2v) is 6.49. The standard InChI is InChI=1S/C18H28N2O/c1-4-13(2)17(15-8-6-5-7-9-15)18(21)20-11-10-16(19)14(3)12-20/h5-9,13-14,16-17H,4,10-12,19H2,1-3H3. The Balaban J connectivity index is 2.19. The van der Waals surface area contributed by atoms with Crippen molar-refractivity contribution in [3.05, 3.63) is 35.9 Å². The summed E-state index contributed by atoms with van der Waals surface area (Å²) in [5.74, 6) is 0.980. The van der Waals surface area contributed by atoms with E-state index in [0.717, 1.165) is 31.5 Å². The van der Waals surface area contributed by atoms with Gasteiger partial charge >= 0.3 is 0 Å². The first kappa shape index (κ1) is 16.0. The zero-order valence-corrected chi connectivity index (χ0v) is 13.5. The van der Waals surface area contributed by atoms with Crippen molar-refractivity contribution in [2.45, 2.75) is 45.6 Å². The maximum absolute atomic E-state index is 13.0. The molecule has 3 heteroatoms. The minimum Gasteiger partial charge on any atom is -0.342 e. The van der Waals surface area contributed by atoms with E-state index in [4.69, 9.17) is 5.73 Å². The molecule has 3 nitrogen and oxygen atoms in total. The number of likely N-dealkylation sites (tertiary alicyclic amines) is 1. The molecule has 4 unspecified atom stereocenters. The Morgan fingerprint density at radius 1 is 1.38 bits per heavy atom. The molecule has 1 aliphatic rings. The van der Waals surface area contributed by atoms with Gasteiger partial charge in [0.25, 0.3) is 0 Å². The average Bonchev–Trinajstić information content (AvgIpc) is 2.51. The molecule has 1 aliphatic heterocycles. The Morgan fingerprint density at radius 3 is 2.62 bits per heavy atom. The molecule has 0 bridgehead atoms. The van der Waals surface area contributed by atoms with E-state index in [0.29, 0.717) is 11.8 Å². The van der Waals surface area contributed by atoms with E-state index in [1.165, 1.54) is 0 Å². The fourth-order valence-electron chi connectivity index (χ4n) is 3.17. The van der Waals surface area contributed by atoms with E-state index in [9.17, 15) is 4.79 Å². The van der Waals surface area contributed by atoms with Gasteiger partial charge in [-0.2, -0.15) is 0 Å². The third kappa shape index (κ3) is 3.65. The number of hydrogen-bond donors (Lipinski definition) is 1. The molecule has 2 rings (SSSR count). The summed E-state index contributed by atoms with van der Waals surface area (Å²) < 4.78 is 0. The molecule has 116 valence electrons. The van der Waals surface area contributed by atoms with Gasteiger partial charge in [-0.25, -0.2) is 0 Å². The first-order valence-electron chi connectivity index (χ1n) is 8.13. The van der Waals surface area contributed by atoms with Crippen LogP contribution in [0.4, 0.5) is 0 Å². The number of carbonyl (C=O) groups excluding carboxylic acids is 1. The van der Waals surface area contributed by atoms with Gasteiger partial charge in [-0.3, -0.25) is 4.79 Å². The maximum Gasteiger partial charge on any atom is 0.230 e. The van der Waals surface area contributed by atoms with E-state index >= 15 is 0 Å². The number of nitrogens with zero attached hydrogens (tertiary/aromatic N) is 1. The summed E-state index contributed by atoms with van der Waals surface area (Å²) in [6.45, 7) is 8.06. The first-order chi connectivity index (χ1) is 10.0. The summed E-state index contributed by atoms with van der Waals surface area (Å²) in [6.07, 6.45) is 1.92. The highest BCUT2D eigenvalue weighted by molar-refractivity contribution is 5.84. The molecular weight excluding hydrogens is 260 g/mol. The van der Waals surface area contributed by atoms with Crippen LogP contribution >= 0.6 is 0 Å². The molecule has 0 aromatic heterocycles. The molecule has 0 aliphatic carbocycles. The summed E-state index contributed by atoms with van der Waals surface area (Å²) in [7, 11) is 0. The van der Waals surface area contributed by atoms with Crippen LogP contribution in [-0.2, 0) is 4.79 Å². The van der Waals surface area contributed by atoms with Gasteiger partial charge in [0.15, 0.2) is 0 Å². The molecule has 0 spiro atoms. The molecule has 4 atom stereocenters. The highest BCUT2D eigenvalue weighted by Gasteiger charge is 2.33. The van der Waals surface area contributed by atoms with Gasteiger partial charge in [0.05, 0.1) is 5.92 Å². The van der Waals surface area contributed by atoms with Gasteiger partial charge in [0, 0.05) is 19.1 Å². The first-order valence-corrected chi connectivity index (χ1v) is 8.13. The smallest absolute Gasteiger partial charge is 0.230 e. The number of piperidine rings is 1. The normalized spacial score (nSPS) is 25.4. The second kappa shape index (κ2) is 7.08. The van der Waals surface area contributed by atoms with E-state index < -0.39 is 0 Å². The molecular formula is C18H28N2O. The molecule has 0 saturated carbocycles. The number of nitrogens with two attached hydrogens (primary N) is 1. The predicted molar refractivity (Wildman–Crippen MR) is 87.0 cm³/mol. The summed E-state index contributed by atoms with van der Waals surface area (Å²) in [5, 5.41) is 0. The van der Waals surface area contributed by atoms with Crippen molar-refractivity contribution in [3.63, 3.8) is 0 Å². The van der Waals surface area contributed by atoms with Gasteiger partial charge < -0.3 is 10.6 Å². The Hall–Kier alpha value is -1.35. The number of carbonyl (C=O) groups is 1. The molecule has 1 aromatic rings. The van der Waals surface area contributed by atoms with E-state index in [2.05, 4.69) is 32.9 Å². The second-order valence-electron chi connectivity index (χ2n) is 6.49. The van der Waals surface area contributed by atoms with Crippen LogP contribution in [-0.4, -0.2) is 29.9 Å². The van der Waals surface area contributed by atoms with Crippen molar-refractivity contribution in [1.29, 1.82) is 0 Å². The molecule has 1 fully saturated rings. The molecule has 21 heavy (non-hydrogen) atoms. The van der Waals surface area contributed by atoms with Crippen LogP contribution < -0.4 is 5.73 Å². The summed E-state index contributed by atoms with van der Waals surface area (Å²) in [6, 6.07) is 10.4. The highest BCUT2D eigenvalue weighted by atomic mass is 16.2. The largest absolute Gasteiger partial charge is 0.342 e. The van der Waals surface area contributed by atoms with E-state index in [1.54, 1.807) is 0 Å². The van der Waals surface area contributed by atoms with Crippen LogP contribution in [0.15, 0.2) is 30.3 Å². The minimum atomic E-state index is -0.0299. The summed E-state index contributed by atoms with van der Waals surface area (Å²) >= 11 is 0. The molecule has 1 amide bonds. The van der Waals surface area contributed by atoms with Gasteiger partial charge in [0.1, 0.15) is 0 Å². The molecule has 1 aromatic carbocycles. The van der Waals surface area contributed by atoms with Gasteiger partial charge in [-0.15, -0.1) is 0 Å². The molecule has 0 radical (unpaired) electrons.